The first-order valence-corrected chi connectivity index (χ1v) is 14.0. The number of hydrogen-bond donors (Lipinski definition) is 1. The third kappa shape index (κ3) is 5.74. The van der Waals surface area contributed by atoms with Crippen LogP contribution in [0.3, 0.4) is 0 Å². The highest BCUT2D eigenvalue weighted by Crippen LogP contribution is 2.36. The van der Waals surface area contributed by atoms with Crippen LogP contribution in [0.15, 0.2) is 71.5 Å². The van der Waals surface area contributed by atoms with Gasteiger partial charge < -0.3 is 10.1 Å². The molecule has 0 spiro atoms. The molecule has 1 saturated heterocycles. The molecule has 0 unspecified atom stereocenters. The maximum absolute atomic E-state index is 13.8. The Morgan fingerprint density at radius 2 is 1.98 bits per heavy atom. The molecule has 1 aliphatic rings. The van der Waals surface area contributed by atoms with Gasteiger partial charge in [0.05, 0.1) is 24.1 Å². The zero-order valence-corrected chi connectivity index (χ0v) is 24.4. The standard InChI is InChI=1S/C30H24F2N6O2S2/c1-17-25(15-37(2)36-17)38-29(39)24(35-30(38)41)12-18-9-10-26(40-3)20(11-18)16-42-28-22(14-33)21(13-23(34-28)27(31)32)19-7-5-4-6-8-19/h4-13,15,27H,16H2,1-3H3,(H,35,41)/b24-12+. The number of anilines is 1. The van der Waals surface area contributed by atoms with Crippen LogP contribution in [-0.2, 0) is 17.6 Å². The van der Waals surface area contributed by atoms with Crippen molar-refractivity contribution >= 4 is 46.8 Å². The van der Waals surface area contributed by atoms with Crippen LogP contribution in [0.2, 0.25) is 0 Å². The number of alkyl halides is 2. The van der Waals surface area contributed by atoms with Gasteiger partial charge in [-0.1, -0.05) is 36.4 Å². The Labute approximate surface area is 250 Å². The molecule has 0 atom stereocenters. The molecule has 0 aliphatic carbocycles. The number of amides is 1. The van der Waals surface area contributed by atoms with Gasteiger partial charge in [0.15, 0.2) is 5.11 Å². The summed E-state index contributed by atoms with van der Waals surface area (Å²) in [6, 6.07) is 17.7. The SMILES string of the molecule is COc1ccc(/C=C2/NC(=S)N(c3cn(C)nc3C)C2=O)cc1CSc1nc(C(F)F)cc(-c2ccccc2)c1C#N. The Balaban J connectivity index is 1.45. The molecule has 0 saturated carbocycles. The highest BCUT2D eigenvalue weighted by Gasteiger charge is 2.34. The summed E-state index contributed by atoms with van der Waals surface area (Å²) in [5.41, 5.74) is 3.81. The fraction of sp³-hybridized carbons (Fsp3) is 0.167. The van der Waals surface area contributed by atoms with E-state index in [-0.39, 0.29) is 33.1 Å². The summed E-state index contributed by atoms with van der Waals surface area (Å²) < 4.78 is 34.7. The highest BCUT2D eigenvalue weighted by molar-refractivity contribution is 7.98. The number of carbonyl (C=O) groups is 1. The Hall–Kier alpha value is -4.60. The summed E-state index contributed by atoms with van der Waals surface area (Å²) in [7, 11) is 3.29. The van der Waals surface area contributed by atoms with E-state index in [1.165, 1.54) is 18.1 Å². The van der Waals surface area contributed by atoms with Gasteiger partial charge in [-0.15, -0.1) is 11.8 Å². The van der Waals surface area contributed by atoms with Crippen molar-refractivity contribution in [3.05, 3.63) is 94.6 Å². The van der Waals surface area contributed by atoms with Gasteiger partial charge in [0, 0.05) is 30.1 Å². The molecule has 5 rings (SSSR count). The van der Waals surface area contributed by atoms with E-state index in [1.54, 1.807) is 67.3 Å². The number of rotatable bonds is 8. The number of aromatic nitrogens is 3. The van der Waals surface area contributed by atoms with Crippen LogP contribution in [0.1, 0.15) is 34.5 Å². The number of ether oxygens (including phenoxy) is 1. The van der Waals surface area contributed by atoms with Crippen molar-refractivity contribution in [2.24, 2.45) is 7.05 Å². The van der Waals surface area contributed by atoms with Crippen LogP contribution in [-0.4, -0.2) is 32.9 Å². The van der Waals surface area contributed by atoms with Gasteiger partial charge in [-0.3, -0.25) is 9.48 Å². The van der Waals surface area contributed by atoms with Gasteiger partial charge in [0.25, 0.3) is 12.3 Å². The first kappa shape index (κ1) is 28.9. The summed E-state index contributed by atoms with van der Waals surface area (Å²) >= 11 is 6.59. The fourth-order valence-corrected chi connectivity index (χ4v) is 5.86. The Morgan fingerprint density at radius 1 is 1.21 bits per heavy atom. The molecule has 3 heterocycles. The van der Waals surface area contributed by atoms with Gasteiger partial charge in [0.2, 0.25) is 0 Å². The average molecular weight is 603 g/mol. The fourth-order valence-electron chi connectivity index (χ4n) is 4.58. The van der Waals surface area contributed by atoms with Crippen molar-refractivity contribution in [3.8, 4) is 22.9 Å². The summed E-state index contributed by atoms with van der Waals surface area (Å²) in [6.45, 7) is 1.80. The third-order valence-electron chi connectivity index (χ3n) is 6.51. The number of thioether (sulfide) groups is 1. The first-order valence-electron chi connectivity index (χ1n) is 12.7. The zero-order valence-electron chi connectivity index (χ0n) is 22.8. The minimum absolute atomic E-state index is 0.195. The van der Waals surface area contributed by atoms with Crippen molar-refractivity contribution in [2.75, 3.05) is 12.0 Å². The second-order valence-electron chi connectivity index (χ2n) is 9.32. The smallest absolute Gasteiger partial charge is 0.281 e. The van der Waals surface area contributed by atoms with E-state index >= 15 is 0 Å². The second-order valence-corrected chi connectivity index (χ2v) is 10.7. The maximum atomic E-state index is 13.8. The Kier molecular flexibility index (Phi) is 8.33. The number of thiocarbonyl (C=S) groups is 1. The number of methoxy groups -OCH3 is 1. The normalized spacial score (nSPS) is 14.0. The number of benzene rings is 2. The first-order chi connectivity index (χ1) is 20.2. The van der Waals surface area contributed by atoms with Crippen LogP contribution in [0, 0.1) is 18.3 Å². The third-order valence-corrected chi connectivity index (χ3v) is 7.82. The largest absolute Gasteiger partial charge is 0.496 e. The Bertz CT molecular complexity index is 1770. The molecular formula is C30H24F2N6O2S2. The molecule has 212 valence electrons. The monoisotopic (exact) mass is 602 g/mol. The molecule has 0 bridgehead atoms. The molecule has 8 nitrogen and oxygen atoms in total. The molecule has 0 radical (unpaired) electrons. The molecule has 1 amide bonds. The molecule has 1 N–H and O–H groups in total. The van der Waals surface area contributed by atoms with E-state index in [0.29, 0.717) is 33.8 Å². The van der Waals surface area contributed by atoms with E-state index in [2.05, 4.69) is 21.5 Å². The van der Waals surface area contributed by atoms with E-state index < -0.39 is 12.1 Å². The molecule has 2 aromatic heterocycles. The molecule has 1 fully saturated rings. The number of nitrogens with one attached hydrogen (secondary N) is 1. The number of aryl methyl sites for hydroxylation is 2. The summed E-state index contributed by atoms with van der Waals surface area (Å²) in [4.78, 5) is 18.8. The van der Waals surface area contributed by atoms with Gasteiger partial charge in [-0.05, 0) is 54.5 Å². The summed E-state index contributed by atoms with van der Waals surface area (Å²) in [6.07, 6.45) is 0.599. The topological polar surface area (TPSA) is 96.1 Å². The number of hydrogen-bond acceptors (Lipinski definition) is 7. The maximum Gasteiger partial charge on any atom is 0.281 e. The van der Waals surface area contributed by atoms with Crippen LogP contribution in [0.5, 0.6) is 5.75 Å². The van der Waals surface area contributed by atoms with Gasteiger partial charge >= 0.3 is 0 Å². The zero-order chi connectivity index (χ0) is 30.0. The predicted molar refractivity (Wildman–Crippen MR) is 161 cm³/mol. The Morgan fingerprint density at radius 3 is 2.62 bits per heavy atom. The highest BCUT2D eigenvalue weighted by atomic mass is 32.2. The van der Waals surface area contributed by atoms with Crippen LogP contribution >= 0.6 is 24.0 Å². The summed E-state index contributed by atoms with van der Waals surface area (Å²) in [5.74, 6) is 0.511. The minimum Gasteiger partial charge on any atom is -0.496 e. The van der Waals surface area contributed by atoms with Crippen molar-refractivity contribution in [1.82, 2.24) is 20.1 Å². The quantitative estimate of drug-likeness (QED) is 0.146. The van der Waals surface area contributed by atoms with E-state index in [1.807, 2.05) is 12.1 Å². The van der Waals surface area contributed by atoms with Crippen molar-refractivity contribution in [1.29, 1.82) is 5.26 Å². The van der Waals surface area contributed by atoms with Crippen LogP contribution in [0.25, 0.3) is 17.2 Å². The number of halogens is 2. The van der Waals surface area contributed by atoms with Gasteiger partial charge in [-0.2, -0.15) is 10.4 Å². The van der Waals surface area contributed by atoms with Crippen molar-refractivity contribution in [2.45, 2.75) is 24.1 Å². The van der Waals surface area contributed by atoms with Crippen molar-refractivity contribution < 1.29 is 18.3 Å². The number of carbonyl (C=O) groups excluding carboxylic acids is 1. The number of nitriles is 1. The summed E-state index contributed by atoms with van der Waals surface area (Å²) in [5, 5.41) is 17.7. The van der Waals surface area contributed by atoms with Gasteiger partial charge in [0.1, 0.15) is 28.2 Å². The molecule has 1 aliphatic heterocycles. The van der Waals surface area contributed by atoms with E-state index in [0.717, 1.165) is 17.3 Å². The van der Waals surface area contributed by atoms with Crippen LogP contribution in [0.4, 0.5) is 14.5 Å². The van der Waals surface area contributed by atoms with Gasteiger partial charge in [-0.25, -0.2) is 18.7 Å². The predicted octanol–water partition coefficient (Wildman–Crippen LogP) is 6.16. The van der Waals surface area contributed by atoms with Crippen molar-refractivity contribution in [3.63, 3.8) is 0 Å². The molecule has 42 heavy (non-hydrogen) atoms. The lowest BCUT2D eigenvalue weighted by molar-refractivity contribution is -0.113. The number of nitrogens with zero attached hydrogens (tertiary/aromatic N) is 5. The lowest BCUT2D eigenvalue weighted by Gasteiger charge is -2.13. The second kappa shape index (κ2) is 12.1. The molecule has 12 heteroatoms. The van der Waals surface area contributed by atoms with E-state index in [9.17, 15) is 18.8 Å². The molecular weight excluding hydrogens is 579 g/mol. The van der Waals surface area contributed by atoms with Crippen LogP contribution < -0.4 is 15.0 Å². The average Bonchev–Trinajstić information content (AvgIpc) is 3.46. The lowest BCUT2D eigenvalue weighted by Crippen LogP contribution is -2.30. The lowest BCUT2D eigenvalue weighted by atomic mass is 10.0. The molecule has 2 aromatic carbocycles. The number of pyridine rings is 1. The van der Waals surface area contributed by atoms with E-state index in [4.69, 9.17) is 17.0 Å². The minimum atomic E-state index is -2.80. The molecule has 4 aromatic rings.